The van der Waals surface area contributed by atoms with E-state index in [0.29, 0.717) is 23.6 Å². The highest BCUT2D eigenvalue weighted by Gasteiger charge is 2.06. The summed E-state index contributed by atoms with van der Waals surface area (Å²) in [6.45, 7) is 6.14. The predicted molar refractivity (Wildman–Crippen MR) is 78.9 cm³/mol. The van der Waals surface area contributed by atoms with Crippen molar-refractivity contribution >= 4 is 11.6 Å². The minimum absolute atomic E-state index is 0.164. The Labute approximate surface area is 118 Å². The molecular formula is C16H16N2O2. The Balaban J connectivity index is 1.99. The molecule has 0 radical (unpaired) electrons. The first-order valence-corrected chi connectivity index (χ1v) is 6.24. The topological polar surface area (TPSA) is 51.2 Å². The van der Waals surface area contributed by atoms with Gasteiger partial charge in [-0.1, -0.05) is 6.58 Å². The van der Waals surface area contributed by atoms with Crippen LogP contribution in [-0.2, 0) is 0 Å². The number of carbonyl (C=O) groups is 1. The number of benzene rings is 1. The second-order valence-corrected chi connectivity index (χ2v) is 4.46. The number of ether oxygens (including phenoxy) is 1. The summed E-state index contributed by atoms with van der Waals surface area (Å²) in [5, 5.41) is 2.79. The summed E-state index contributed by atoms with van der Waals surface area (Å²) in [4.78, 5) is 15.9. The summed E-state index contributed by atoms with van der Waals surface area (Å²) in [5.74, 6) is 0.552. The van der Waals surface area contributed by atoms with Gasteiger partial charge < -0.3 is 10.1 Å². The zero-order valence-electron chi connectivity index (χ0n) is 11.3. The second-order valence-electron chi connectivity index (χ2n) is 4.46. The van der Waals surface area contributed by atoms with Crippen molar-refractivity contribution in [3.8, 4) is 5.75 Å². The summed E-state index contributed by atoms with van der Waals surface area (Å²) in [5.41, 5.74) is 2.24. The summed E-state index contributed by atoms with van der Waals surface area (Å²) in [7, 11) is 0. The van der Waals surface area contributed by atoms with Gasteiger partial charge in [0.1, 0.15) is 12.4 Å². The molecule has 4 nitrogen and oxygen atoms in total. The van der Waals surface area contributed by atoms with Crippen molar-refractivity contribution < 1.29 is 9.53 Å². The number of hydrogen-bond donors (Lipinski definition) is 1. The molecule has 0 fully saturated rings. The number of carbonyl (C=O) groups excluding carboxylic acids is 1. The third kappa shape index (κ3) is 3.95. The lowest BCUT2D eigenvalue weighted by atomic mass is 10.2. The molecule has 1 amide bonds. The van der Waals surface area contributed by atoms with E-state index in [1.54, 1.807) is 48.8 Å². The smallest absolute Gasteiger partial charge is 0.255 e. The average Bonchev–Trinajstić information content (AvgIpc) is 2.46. The minimum Gasteiger partial charge on any atom is -0.489 e. The van der Waals surface area contributed by atoms with Gasteiger partial charge >= 0.3 is 0 Å². The molecule has 0 spiro atoms. The highest BCUT2D eigenvalue weighted by atomic mass is 16.5. The molecule has 0 bridgehead atoms. The lowest BCUT2D eigenvalue weighted by Crippen LogP contribution is -2.11. The van der Waals surface area contributed by atoms with Crippen LogP contribution in [0.5, 0.6) is 5.75 Å². The average molecular weight is 268 g/mol. The van der Waals surface area contributed by atoms with Gasteiger partial charge in [-0.3, -0.25) is 9.78 Å². The monoisotopic (exact) mass is 268 g/mol. The zero-order valence-corrected chi connectivity index (χ0v) is 11.3. The number of rotatable bonds is 5. The van der Waals surface area contributed by atoms with E-state index >= 15 is 0 Å². The van der Waals surface area contributed by atoms with Crippen LogP contribution in [0.15, 0.2) is 60.9 Å². The van der Waals surface area contributed by atoms with Crippen molar-refractivity contribution in [2.45, 2.75) is 6.92 Å². The van der Waals surface area contributed by atoms with E-state index in [1.807, 2.05) is 6.92 Å². The van der Waals surface area contributed by atoms with E-state index in [0.717, 1.165) is 5.57 Å². The van der Waals surface area contributed by atoms with Crippen LogP contribution in [0.25, 0.3) is 0 Å². The molecule has 0 saturated heterocycles. The largest absolute Gasteiger partial charge is 0.489 e. The molecule has 102 valence electrons. The molecule has 1 aromatic heterocycles. The van der Waals surface area contributed by atoms with Crippen molar-refractivity contribution in [2.75, 3.05) is 11.9 Å². The Morgan fingerprint density at radius 3 is 2.45 bits per heavy atom. The van der Waals surface area contributed by atoms with Crippen LogP contribution in [0.4, 0.5) is 5.69 Å². The highest BCUT2D eigenvalue weighted by molar-refractivity contribution is 6.04. The van der Waals surface area contributed by atoms with Gasteiger partial charge in [-0.2, -0.15) is 0 Å². The quantitative estimate of drug-likeness (QED) is 0.846. The summed E-state index contributed by atoms with van der Waals surface area (Å²) in [6.07, 6.45) is 3.26. The van der Waals surface area contributed by atoms with Gasteiger partial charge in [-0.15, -0.1) is 0 Å². The van der Waals surface area contributed by atoms with E-state index in [9.17, 15) is 4.79 Å². The van der Waals surface area contributed by atoms with E-state index in [1.165, 1.54) is 0 Å². The molecule has 0 atom stereocenters. The van der Waals surface area contributed by atoms with Crippen LogP contribution >= 0.6 is 0 Å². The van der Waals surface area contributed by atoms with E-state index < -0.39 is 0 Å². The van der Waals surface area contributed by atoms with Crippen molar-refractivity contribution in [3.63, 3.8) is 0 Å². The number of pyridine rings is 1. The Morgan fingerprint density at radius 1 is 1.20 bits per heavy atom. The SMILES string of the molecule is C=C(C)COc1ccc(C(=O)Nc2ccncc2)cc1. The van der Waals surface area contributed by atoms with E-state index in [4.69, 9.17) is 4.74 Å². The number of amides is 1. The van der Waals surface area contributed by atoms with E-state index in [2.05, 4.69) is 16.9 Å². The number of nitrogens with one attached hydrogen (secondary N) is 1. The minimum atomic E-state index is -0.164. The van der Waals surface area contributed by atoms with Gasteiger partial charge in [0.15, 0.2) is 0 Å². The number of nitrogens with zero attached hydrogens (tertiary/aromatic N) is 1. The van der Waals surface area contributed by atoms with Crippen LogP contribution in [0.3, 0.4) is 0 Å². The van der Waals surface area contributed by atoms with Crippen LogP contribution in [0, 0.1) is 0 Å². The molecule has 0 aliphatic heterocycles. The van der Waals surface area contributed by atoms with Crippen molar-refractivity contribution in [2.24, 2.45) is 0 Å². The molecule has 20 heavy (non-hydrogen) atoms. The lowest BCUT2D eigenvalue weighted by Gasteiger charge is -2.07. The van der Waals surface area contributed by atoms with Gasteiger partial charge in [0.25, 0.3) is 5.91 Å². The third-order valence-corrected chi connectivity index (χ3v) is 2.54. The zero-order chi connectivity index (χ0) is 14.4. The molecule has 1 aromatic carbocycles. The first kappa shape index (κ1) is 13.8. The number of aromatic nitrogens is 1. The van der Waals surface area contributed by atoms with Gasteiger partial charge in [-0.25, -0.2) is 0 Å². The normalized spacial score (nSPS) is 9.85. The Kier molecular flexibility index (Phi) is 4.50. The van der Waals surface area contributed by atoms with Gasteiger partial charge in [0.2, 0.25) is 0 Å². The van der Waals surface area contributed by atoms with Crippen LogP contribution < -0.4 is 10.1 Å². The molecule has 1 N–H and O–H groups in total. The second kappa shape index (κ2) is 6.52. The summed E-state index contributed by atoms with van der Waals surface area (Å²) >= 11 is 0. The maximum absolute atomic E-state index is 12.0. The van der Waals surface area contributed by atoms with Gasteiger partial charge in [0, 0.05) is 23.6 Å². The third-order valence-electron chi connectivity index (χ3n) is 2.54. The Bertz CT molecular complexity index is 592. The number of hydrogen-bond acceptors (Lipinski definition) is 3. The molecular weight excluding hydrogens is 252 g/mol. The Morgan fingerprint density at radius 2 is 1.85 bits per heavy atom. The van der Waals surface area contributed by atoms with Crippen LogP contribution in [-0.4, -0.2) is 17.5 Å². The van der Waals surface area contributed by atoms with Crippen LogP contribution in [0.2, 0.25) is 0 Å². The Hall–Kier alpha value is -2.62. The van der Waals surface area contributed by atoms with E-state index in [-0.39, 0.29) is 5.91 Å². The fourth-order valence-corrected chi connectivity index (χ4v) is 1.55. The van der Waals surface area contributed by atoms with Crippen LogP contribution in [0.1, 0.15) is 17.3 Å². The first-order valence-electron chi connectivity index (χ1n) is 6.24. The van der Waals surface area contributed by atoms with Crippen molar-refractivity contribution in [1.82, 2.24) is 4.98 Å². The van der Waals surface area contributed by atoms with Gasteiger partial charge in [-0.05, 0) is 48.9 Å². The van der Waals surface area contributed by atoms with Crippen molar-refractivity contribution in [1.29, 1.82) is 0 Å². The highest BCUT2D eigenvalue weighted by Crippen LogP contribution is 2.14. The fraction of sp³-hybridized carbons (Fsp3) is 0.125. The molecule has 4 heteroatoms. The summed E-state index contributed by atoms with van der Waals surface area (Å²) < 4.78 is 5.48. The van der Waals surface area contributed by atoms with Gasteiger partial charge in [0.05, 0.1) is 0 Å². The summed E-state index contributed by atoms with van der Waals surface area (Å²) in [6, 6.07) is 10.5. The lowest BCUT2D eigenvalue weighted by molar-refractivity contribution is 0.102. The molecule has 2 aromatic rings. The molecule has 0 aliphatic carbocycles. The molecule has 2 rings (SSSR count). The molecule has 0 saturated carbocycles. The molecule has 0 unspecified atom stereocenters. The standard InChI is InChI=1S/C16H16N2O2/c1-12(2)11-20-15-5-3-13(4-6-15)16(19)18-14-7-9-17-10-8-14/h3-10H,1,11H2,2H3,(H,17,18,19). The first-order chi connectivity index (χ1) is 9.65. The number of anilines is 1. The fourth-order valence-electron chi connectivity index (χ4n) is 1.55. The predicted octanol–water partition coefficient (Wildman–Crippen LogP) is 3.29. The molecule has 0 aliphatic rings. The molecule has 1 heterocycles. The van der Waals surface area contributed by atoms with Crippen molar-refractivity contribution in [3.05, 3.63) is 66.5 Å². The maximum Gasteiger partial charge on any atom is 0.255 e. The maximum atomic E-state index is 12.0.